The maximum Gasteiger partial charge on any atom is 0.123 e. The van der Waals surface area contributed by atoms with Crippen molar-refractivity contribution in [3.05, 3.63) is 164 Å². The first-order valence-corrected chi connectivity index (χ1v) is 21.2. The summed E-state index contributed by atoms with van der Waals surface area (Å²) in [6.07, 6.45) is 20.6. The number of methoxy groups -OCH3 is 8. The number of hydrogen-bond acceptors (Lipinski definition) is 8. The van der Waals surface area contributed by atoms with Crippen molar-refractivity contribution in [2.24, 2.45) is 0 Å². The number of benzene rings is 6. The first kappa shape index (κ1) is 44.7. The van der Waals surface area contributed by atoms with E-state index in [4.69, 9.17) is 37.9 Å². The molecule has 4 aliphatic rings. The molecule has 10 rings (SSSR count). The molecule has 0 fully saturated rings. The molecule has 0 N–H and O–H groups in total. The van der Waals surface area contributed by atoms with E-state index in [9.17, 15) is 0 Å². The van der Waals surface area contributed by atoms with E-state index < -0.39 is 0 Å². The molecule has 6 aromatic rings. The lowest BCUT2D eigenvalue weighted by Gasteiger charge is -2.19. The highest BCUT2D eigenvalue weighted by Gasteiger charge is 2.16. The van der Waals surface area contributed by atoms with E-state index in [1.54, 1.807) is 56.9 Å². The largest absolute Gasteiger partial charge is 0.497 e. The summed E-state index contributed by atoms with van der Waals surface area (Å²) in [7, 11) is 13.4. The Morgan fingerprint density at radius 3 is 0.562 bits per heavy atom. The summed E-state index contributed by atoms with van der Waals surface area (Å²) in [6, 6.07) is 33.1. The van der Waals surface area contributed by atoms with Crippen LogP contribution in [0.4, 0.5) is 0 Å². The smallest absolute Gasteiger partial charge is 0.123 e. The van der Waals surface area contributed by atoms with Crippen molar-refractivity contribution in [1.82, 2.24) is 0 Å². The Bertz CT molecular complexity index is 2260. The summed E-state index contributed by atoms with van der Waals surface area (Å²) in [6.45, 7) is 0. The van der Waals surface area contributed by atoms with Gasteiger partial charge in [0.2, 0.25) is 0 Å². The van der Waals surface area contributed by atoms with Crippen molar-refractivity contribution < 1.29 is 37.9 Å². The third-order valence-electron chi connectivity index (χ3n) is 11.4. The highest BCUT2D eigenvalue weighted by Crippen LogP contribution is 2.33. The second-order valence-electron chi connectivity index (χ2n) is 15.4. The fourth-order valence-electron chi connectivity index (χ4n) is 7.93. The molecule has 8 nitrogen and oxygen atoms in total. The monoisotopic (exact) mass is 856 g/mol. The first-order valence-electron chi connectivity index (χ1n) is 21.2. The van der Waals surface area contributed by atoms with Gasteiger partial charge in [-0.2, -0.15) is 0 Å². The molecule has 0 unspecified atom stereocenters. The number of rotatable bonds is 16. The molecule has 0 saturated carbocycles. The SMILES string of the molecule is COc1cc(/C=C\c2cc3c(/C=C/c4cc(OC)cc(OC)c4)cc2CCc2cc(/C=C/c4cc(OC)cc(OC)c4)c(cc2/C=C/c2cc(OC)cc(OC)c2)CC3)cc(OC)c1. The zero-order valence-electron chi connectivity index (χ0n) is 38.0. The predicted octanol–water partition coefficient (Wildman–Crippen LogP) is 12.3. The van der Waals surface area contributed by atoms with E-state index in [0.29, 0.717) is 0 Å². The fraction of sp³-hybridized carbons (Fsp3) is 0.214. The van der Waals surface area contributed by atoms with E-state index in [1.165, 1.54) is 44.5 Å². The molecule has 6 aromatic carbocycles. The van der Waals surface area contributed by atoms with Crippen LogP contribution in [0, 0.1) is 0 Å². The van der Waals surface area contributed by atoms with Gasteiger partial charge < -0.3 is 37.9 Å². The van der Waals surface area contributed by atoms with Crippen LogP contribution in [0.5, 0.6) is 46.0 Å². The lowest BCUT2D eigenvalue weighted by Crippen LogP contribution is -2.06. The van der Waals surface area contributed by atoms with E-state index >= 15 is 0 Å². The van der Waals surface area contributed by atoms with Gasteiger partial charge in [-0.3, -0.25) is 0 Å². The van der Waals surface area contributed by atoms with Crippen molar-refractivity contribution in [1.29, 1.82) is 0 Å². The molecule has 0 amide bonds. The molecular weight excluding hydrogens is 801 g/mol. The summed E-state index contributed by atoms with van der Waals surface area (Å²) in [5.41, 5.74) is 13.5. The van der Waals surface area contributed by atoms with Crippen LogP contribution in [0.2, 0.25) is 0 Å². The average Bonchev–Trinajstić information content (AvgIpc) is 3.34. The maximum absolute atomic E-state index is 5.60. The van der Waals surface area contributed by atoms with Crippen molar-refractivity contribution in [2.45, 2.75) is 25.7 Å². The molecule has 0 radical (unpaired) electrons. The second kappa shape index (κ2) is 21.2. The van der Waals surface area contributed by atoms with Crippen LogP contribution in [-0.4, -0.2) is 56.9 Å². The summed E-state index contributed by atoms with van der Waals surface area (Å²) >= 11 is 0. The van der Waals surface area contributed by atoms with E-state index in [-0.39, 0.29) is 0 Å². The van der Waals surface area contributed by atoms with E-state index in [0.717, 1.165) is 93.9 Å². The Balaban J connectivity index is 1.36. The number of ether oxygens (including phenoxy) is 8. The number of hydrogen-bond donors (Lipinski definition) is 0. The Hall–Kier alpha value is -7.32. The third kappa shape index (κ3) is 11.2. The van der Waals surface area contributed by atoms with Gasteiger partial charge in [-0.1, -0.05) is 72.9 Å². The molecular formula is C56H56O8. The second-order valence-corrected chi connectivity index (χ2v) is 15.4. The minimum atomic E-state index is 0.739. The topological polar surface area (TPSA) is 73.8 Å². The molecule has 0 heterocycles. The molecule has 8 heteroatoms. The molecule has 0 aromatic heterocycles. The van der Waals surface area contributed by atoms with Gasteiger partial charge >= 0.3 is 0 Å². The molecule has 64 heavy (non-hydrogen) atoms. The van der Waals surface area contributed by atoms with Gasteiger partial charge in [0.15, 0.2) is 0 Å². The van der Waals surface area contributed by atoms with Crippen LogP contribution < -0.4 is 37.9 Å². The molecule has 0 saturated heterocycles. The zero-order chi connectivity index (χ0) is 45.0. The Kier molecular flexibility index (Phi) is 14.8. The van der Waals surface area contributed by atoms with Crippen LogP contribution >= 0.6 is 0 Å². The molecule has 4 aliphatic carbocycles. The normalized spacial score (nSPS) is 12.5. The first-order chi connectivity index (χ1) is 31.2. The summed E-state index contributed by atoms with van der Waals surface area (Å²) in [5, 5.41) is 0. The van der Waals surface area contributed by atoms with Crippen molar-refractivity contribution in [3.63, 3.8) is 0 Å². The highest BCUT2D eigenvalue weighted by molar-refractivity contribution is 5.80. The minimum Gasteiger partial charge on any atom is -0.497 e. The Morgan fingerprint density at radius 1 is 0.234 bits per heavy atom. The predicted molar refractivity (Wildman–Crippen MR) is 262 cm³/mol. The fourth-order valence-corrected chi connectivity index (χ4v) is 7.93. The van der Waals surface area contributed by atoms with Crippen LogP contribution in [0.25, 0.3) is 48.6 Å². The lowest BCUT2D eigenvalue weighted by molar-refractivity contribution is 0.394. The Labute approximate surface area is 377 Å². The van der Waals surface area contributed by atoms with Gasteiger partial charge in [-0.15, -0.1) is 0 Å². The number of aryl methyl sites for hydroxylation is 4. The van der Waals surface area contributed by atoms with Gasteiger partial charge in [-0.25, -0.2) is 0 Å². The van der Waals surface area contributed by atoms with Crippen molar-refractivity contribution >= 4 is 48.6 Å². The van der Waals surface area contributed by atoms with Gasteiger partial charge in [0.05, 0.1) is 56.9 Å². The molecule has 0 aliphatic heterocycles. The van der Waals surface area contributed by atoms with Crippen molar-refractivity contribution in [2.75, 3.05) is 56.9 Å². The molecule has 328 valence electrons. The third-order valence-corrected chi connectivity index (χ3v) is 11.4. The minimum absolute atomic E-state index is 0.739. The molecule has 0 spiro atoms. The lowest BCUT2D eigenvalue weighted by atomic mass is 9.86. The maximum atomic E-state index is 5.60. The van der Waals surface area contributed by atoms with Gasteiger partial charge in [0, 0.05) is 24.3 Å². The van der Waals surface area contributed by atoms with Crippen LogP contribution in [0.1, 0.15) is 66.8 Å². The van der Waals surface area contributed by atoms with E-state index in [2.05, 4.69) is 72.9 Å². The van der Waals surface area contributed by atoms with Crippen LogP contribution in [0.15, 0.2) is 97.1 Å². The zero-order valence-corrected chi connectivity index (χ0v) is 38.0. The standard InChI is InChI=1S/C56H56O8/c1-57-49-21-37(22-50(33-49)58-2)9-13-41-29-46-19-20-48-32-43(15-11-39-25-53(61-5)35-54(26-39)62-6)47(31-44(48)16-12-40-27-55(63-7)36-56(28-40)64-8)18-17-45(41)30-42(46)14-10-38-23-51(59-3)34-52(24-38)60-4/h9-16,21-36H,17-20H2,1-8H3/b13-9-,14-10+,15-11+,16-12+. The van der Waals surface area contributed by atoms with Crippen LogP contribution in [0.3, 0.4) is 0 Å². The highest BCUT2D eigenvalue weighted by atomic mass is 16.5. The molecule has 4 bridgehead atoms. The quantitative estimate of drug-likeness (QED) is 0.0891. The summed E-state index contributed by atoms with van der Waals surface area (Å²) in [4.78, 5) is 0. The Morgan fingerprint density at radius 2 is 0.406 bits per heavy atom. The molecule has 0 atom stereocenters. The summed E-state index contributed by atoms with van der Waals surface area (Å²) in [5.74, 6) is 5.91. The van der Waals surface area contributed by atoms with Crippen LogP contribution in [-0.2, 0) is 25.7 Å². The summed E-state index contributed by atoms with van der Waals surface area (Å²) < 4.78 is 44.8. The van der Waals surface area contributed by atoms with Gasteiger partial charge in [0.25, 0.3) is 0 Å². The average molecular weight is 857 g/mol. The van der Waals surface area contributed by atoms with Gasteiger partial charge in [-0.05, 0) is 141 Å². The van der Waals surface area contributed by atoms with E-state index in [1.807, 2.05) is 72.8 Å². The van der Waals surface area contributed by atoms with Gasteiger partial charge in [0.1, 0.15) is 46.0 Å². The van der Waals surface area contributed by atoms with Crippen molar-refractivity contribution in [3.8, 4) is 46.0 Å².